The monoisotopic (exact) mass is 372 g/mol. The average molecular weight is 372 g/mol. The third-order valence-corrected chi connectivity index (χ3v) is 4.97. The maximum atomic E-state index is 13.2. The van der Waals surface area contributed by atoms with Crippen molar-refractivity contribution in [1.82, 2.24) is 9.97 Å². The lowest BCUT2D eigenvalue weighted by Crippen LogP contribution is -2.36. The van der Waals surface area contributed by atoms with E-state index in [9.17, 15) is 4.79 Å². The molecule has 0 atom stereocenters. The second-order valence-corrected chi connectivity index (χ2v) is 7.07. The number of carbonyl (C=O) groups excluding carboxylic acids is 1. The molecule has 0 aliphatic carbocycles. The van der Waals surface area contributed by atoms with E-state index in [0.717, 1.165) is 37.2 Å². The molecule has 0 saturated carbocycles. The Morgan fingerprint density at radius 1 is 1.07 bits per heavy atom. The molecule has 1 aliphatic heterocycles. The number of rotatable bonds is 5. The summed E-state index contributed by atoms with van der Waals surface area (Å²) in [6.07, 6.45) is 2.85. The highest BCUT2D eigenvalue weighted by Crippen LogP contribution is 2.28. The predicted octanol–water partition coefficient (Wildman–Crippen LogP) is 4.03. The Hall–Kier alpha value is -3.21. The molecule has 0 radical (unpaired) electrons. The zero-order chi connectivity index (χ0) is 19.3. The highest BCUT2D eigenvalue weighted by atomic mass is 16.2. The minimum Gasteiger partial charge on any atom is -0.354 e. The molecular formula is C23H24N4O. The molecule has 0 spiro atoms. The summed E-state index contributed by atoms with van der Waals surface area (Å²) in [6.45, 7) is 3.33. The number of benzene rings is 2. The van der Waals surface area contributed by atoms with Gasteiger partial charge in [0, 0.05) is 24.5 Å². The maximum Gasteiger partial charge on any atom is 0.277 e. The molecule has 1 N–H and O–H groups in total. The van der Waals surface area contributed by atoms with Crippen LogP contribution >= 0.6 is 0 Å². The quantitative estimate of drug-likeness (QED) is 0.735. The number of fused-ring (bicyclic) bond motifs is 1. The third kappa shape index (κ3) is 4.03. The van der Waals surface area contributed by atoms with Crippen LogP contribution in [0.5, 0.6) is 0 Å². The Bertz CT molecular complexity index is 971. The zero-order valence-corrected chi connectivity index (χ0v) is 16.1. The first-order valence-electron chi connectivity index (χ1n) is 9.74. The van der Waals surface area contributed by atoms with Crippen molar-refractivity contribution in [1.29, 1.82) is 0 Å². The van der Waals surface area contributed by atoms with Crippen molar-refractivity contribution < 1.29 is 4.79 Å². The van der Waals surface area contributed by atoms with Crippen LogP contribution in [0.25, 0.3) is 0 Å². The molecule has 1 amide bonds. The van der Waals surface area contributed by atoms with Crippen molar-refractivity contribution in [3.05, 3.63) is 83.2 Å². The highest BCUT2D eigenvalue weighted by molar-refractivity contribution is 6.05. The van der Waals surface area contributed by atoms with Gasteiger partial charge >= 0.3 is 0 Å². The van der Waals surface area contributed by atoms with Crippen LogP contribution in [0.3, 0.4) is 0 Å². The van der Waals surface area contributed by atoms with E-state index in [1.165, 1.54) is 11.1 Å². The van der Waals surface area contributed by atoms with Crippen molar-refractivity contribution >= 4 is 17.5 Å². The normalized spacial score (nSPS) is 13.1. The molecule has 1 aliphatic rings. The lowest BCUT2D eigenvalue weighted by molar-refractivity contribution is 0.0980. The van der Waals surface area contributed by atoms with Crippen LogP contribution in [0.2, 0.25) is 0 Å². The van der Waals surface area contributed by atoms with Crippen molar-refractivity contribution in [3.8, 4) is 0 Å². The standard InChI is InChI=1S/C23H24N4O/c1-17-16-20(22(28)27-15-7-11-19-10-5-6-12-21(19)27)26-23(25-17)24-14-13-18-8-3-2-4-9-18/h2-6,8-10,12,16H,7,11,13-15H2,1H3,(H,24,25,26). The fourth-order valence-corrected chi connectivity index (χ4v) is 3.60. The Kier molecular flexibility index (Phi) is 5.33. The SMILES string of the molecule is Cc1cc(C(=O)N2CCCc3ccccc32)nc(NCCc2ccccc2)n1. The fourth-order valence-electron chi connectivity index (χ4n) is 3.60. The summed E-state index contributed by atoms with van der Waals surface area (Å²) in [7, 11) is 0. The third-order valence-electron chi connectivity index (χ3n) is 4.97. The number of aryl methyl sites for hydroxylation is 2. The van der Waals surface area contributed by atoms with Crippen molar-refractivity contribution in [3.63, 3.8) is 0 Å². The Balaban J connectivity index is 1.50. The van der Waals surface area contributed by atoms with E-state index in [0.29, 0.717) is 18.2 Å². The van der Waals surface area contributed by atoms with Crippen LogP contribution in [-0.4, -0.2) is 29.0 Å². The summed E-state index contributed by atoms with van der Waals surface area (Å²) in [5, 5.41) is 3.26. The van der Waals surface area contributed by atoms with Gasteiger partial charge in [-0.15, -0.1) is 0 Å². The molecule has 5 nitrogen and oxygen atoms in total. The van der Waals surface area contributed by atoms with Gasteiger partial charge in [-0.3, -0.25) is 4.79 Å². The van der Waals surface area contributed by atoms with Crippen LogP contribution in [0.1, 0.15) is 33.7 Å². The van der Waals surface area contributed by atoms with Gasteiger partial charge in [-0.2, -0.15) is 0 Å². The molecule has 142 valence electrons. The van der Waals surface area contributed by atoms with Crippen LogP contribution in [-0.2, 0) is 12.8 Å². The number of para-hydroxylation sites is 1. The zero-order valence-electron chi connectivity index (χ0n) is 16.1. The molecule has 2 aromatic carbocycles. The van der Waals surface area contributed by atoms with Gasteiger partial charge in [0.25, 0.3) is 5.91 Å². The Morgan fingerprint density at radius 3 is 2.71 bits per heavy atom. The summed E-state index contributed by atoms with van der Waals surface area (Å²) >= 11 is 0. The number of hydrogen-bond donors (Lipinski definition) is 1. The molecule has 5 heteroatoms. The van der Waals surface area contributed by atoms with Crippen molar-refractivity contribution in [2.45, 2.75) is 26.2 Å². The van der Waals surface area contributed by atoms with E-state index in [2.05, 4.69) is 33.5 Å². The first-order chi connectivity index (χ1) is 13.7. The van der Waals surface area contributed by atoms with E-state index in [1.807, 2.05) is 48.2 Å². The van der Waals surface area contributed by atoms with Gasteiger partial charge in [-0.25, -0.2) is 9.97 Å². The number of anilines is 2. The summed E-state index contributed by atoms with van der Waals surface area (Å²) in [4.78, 5) is 24.0. The number of nitrogens with zero attached hydrogens (tertiary/aromatic N) is 3. The molecule has 0 unspecified atom stereocenters. The van der Waals surface area contributed by atoms with Crippen LogP contribution in [0.4, 0.5) is 11.6 Å². The van der Waals surface area contributed by atoms with E-state index < -0.39 is 0 Å². The summed E-state index contributed by atoms with van der Waals surface area (Å²) in [5.41, 5.74) is 4.68. The van der Waals surface area contributed by atoms with Gasteiger partial charge in [0.1, 0.15) is 5.69 Å². The van der Waals surface area contributed by atoms with E-state index in [1.54, 1.807) is 6.07 Å². The van der Waals surface area contributed by atoms with Gasteiger partial charge in [0.2, 0.25) is 5.95 Å². The van der Waals surface area contributed by atoms with Gasteiger partial charge in [-0.05, 0) is 49.4 Å². The van der Waals surface area contributed by atoms with Crippen LogP contribution < -0.4 is 10.2 Å². The molecule has 0 fully saturated rings. The van der Waals surface area contributed by atoms with Crippen LogP contribution in [0.15, 0.2) is 60.7 Å². The molecule has 0 saturated heterocycles. The largest absolute Gasteiger partial charge is 0.354 e. The Labute approximate surface area is 165 Å². The van der Waals surface area contributed by atoms with Crippen molar-refractivity contribution in [2.24, 2.45) is 0 Å². The maximum absolute atomic E-state index is 13.2. The van der Waals surface area contributed by atoms with E-state index in [-0.39, 0.29) is 5.91 Å². The van der Waals surface area contributed by atoms with Crippen molar-refractivity contribution in [2.75, 3.05) is 23.3 Å². The summed E-state index contributed by atoms with van der Waals surface area (Å²) < 4.78 is 0. The molecule has 3 aromatic rings. The number of nitrogens with one attached hydrogen (secondary N) is 1. The second-order valence-electron chi connectivity index (χ2n) is 7.07. The topological polar surface area (TPSA) is 58.1 Å². The number of hydrogen-bond acceptors (Lipinski definition) is 4. The number of amides is 1. The fraction of sp³-hybridized carbons (Fsp3) is 0.261. The number of aromatic nitrogens is 2. The van der Waals surface area contributed by atoms with E-state index >= 15 is 0 Å². The van der Waals surface area contributed by atoms with E-state index in [4.69, 9.17) is 0 Å². The summed E-state index contributed by atoms with van der Waals surface area (Å²) in [6, 6.07) is 20.2. The molecule has 0 bridgehead atoms. The second kappa shape index (κ2) is 8.21. The van der Waals surface area contributed by atoms with Gasteiger partial charge in [-0.1, -0.05) is 48.5 Å². The highest BCUT2D eigenvalue weighted by Gasteiger charge is 2.24. The molecule has 4 rings (SSSR count). The smallest absolute Gasteiger partial charge is 0.277 e. The average Bonchev–Trinajstić information content (AvgIpc) is 2.73. The lowest BCUT2D eigenvalue weighted by Gasteiger charge is -2.29. The lowest BCUT2D eigenvalue weighted by atomic mass is 10.0. The molecule has 1 aromatic heterocycles. The van der Waals surface area contributed by atoms with Gasteiger partial charge in [0.15, 0.2) is 0 Å². The van der Waals surface area contributed by atoms with Gasteiger partial charge < -0.3 is 10.2 Å². The van der Waals surface area contributed by atoms with Gasteiger partial charge in [0.05, 0.1) is 0 Å². The molecule has 28 heavy (non-hydrogen) atoms. The minimum absolute atomic E-state index is 0.0660. The Morgan fingerprint density at radius 2 is 1.86 bits per heavy atom. The molecule has 2 heterocycles. The van der Waals surface area contributed by atoms with Crippen LogP contribution in [0, 0.1) is 6.92 Å². The predicted molar refractivity (Wildman–Crippen MR) is 112 cm³/mol. The summed E-state index contributed by atoms with van der Waals surface area (Å²) in [5.74, 6) is 0.438. The first-order valence-corrected chi connectivity index (χ1v) is 9.74. The number of carbonyl (C=O) groups is 1. The molecular weight excluding hydrogens is 348 g/mol. The first kappa shape index (κ1) is 18.2. The minimum atomic E-state index is -0.0660.